The maximum absolute atomic E-state index is 12.4. The summed E-state index contributed by atoms with van der Waals surface area (Å²) in [5, 5.41) is 2.99. The molecule has 1 N–H and O–H groups in total. The van der Waals surface area contributed by atoms with Crippen LogP contribution in [0.5, 0.6) is 0 Å². The summed E-state index contributed by atoms with van der Waals surface area (Å²) in [6, 6.07) is 9.76. The van der Waals surface area contributed by atoms with Crippen LogP contribution in [0.4, 0.5) is 0 Å². The van der Waals surface area contributed by atoms with Crippen LogP contribution in [-0.4, -0.2) is 29.8 Å². The lowest BCUT2D eigenvalue weighted by Gasteiger charge is -2.31. The van der Waals surface area contributed by atoms with Gasteiger partial charge in [-0.25, -0.2) is 0 Å². The molecule has 1 saturated heterocycles. The topological polar surface area (TPSA) is 62.6 Å². The second-order valence-corrected chi connectivity index (χ2v) is 6.31. The Labute approximate surface area is 141 Å². The molecule has 1 aromatic heterocycles. The average Bonchev–Trinajstić information content (AvgIpc) is 3.15. The van der Waals surface area contributed by atoms with Gasteiger partial charge in [0.25, 0.3) is 5.91 Å². The largest absolute Gasteiger partial charge is 0.472 e. The minimum absolute atomic E-state index is 0.0141. The van der Waals surface area contributed by atoms with Crippen molar-refractivity contribution in [3.8, 4) is 0 Å². The smallest absolute Gasteiger partial charge is 0.257 e. The molecule has 2 heterocycles. The SMILES string of the molecule is Cc1ccc(CNC(=O)[C@H]2CCCN(C(=O)c3ccoc3)C2)cc1. The van der Waals surface area contributed by atoms with Crippen LogP contribution < -0.4 is 5.32 Å². The van der Waals surface area contributed by atoms with Crippen LogP contribution in [0.1, 0.15) is 34.3 Å². The number of likely N-dealkylation sites (tertiary alicyclic amines) is 1. The van der Waals surface area contributed by atoms with Gasteiger partial charge >= 0.3 is 0 Å². The normalized spacial score (nSPS) is 17.5. The van der Waals surface area contributed by atoms with E-state index in [-0.39, 0.29) is 17.7 Å². The second kappa shape index (κ2) is 7.34. The zero-order valence-electron chi connectivity index (χ0n) is 13.8. The zero-order chi connectivity index (χ0) is 16.9. The van der Waals surface area contributed by atoms with Crippen molar-refractivity contribution in [2.24, 2.45) is 5.92 Å². The Morgan fingerprint density at radius 3 is 2.75 bits per heavy atom. The number of hydrogen-bond donors (Lipinski definition) is 1. The van der Waals surface area contributed by atoms with Crippen molar-refractivity contribution in [3.05, 3.63) is 59.5 Å². The van der Waals surface area contributed by atoms with Crippen LogP contribution in [0.15, 0.2) is 47.3 Å². The fourth-order valence-electron chi connectivity index (χ4n) is 2.98. The third-order valence-corrected chi connectivity index (χ3v) is 4.43. The molecule has 0 spiro atoms. The summed E-state index contributed by atoms with van der Waals surface area (Å²) in [5.74, 6) is -0.208. The van der Waals surface area contributed by atoms with Gasteiger partial charge in [0.2, 0.25) is 5.91 Å². The Morgan fingerprint density at radius 2 is 2.04 bits per heavy atom. The van der Waals surface area contributed by atoms with Crippen molar-refractivity contribution in [1.82, 2.24) is 10.2 Å². The number of nitrogens with one attached hydrogen (secondary N) is 1. The first-order valence-corrected chi connectivity index (χ1v) is 8.28. The van der Waals surface area contributed by atoms with Crippen molar-refractivity contribution < 1.29 is 14.0 Å². The van der Waals surface area contributed by atoms with E-state index in [1.54, 1.807) is 11.0 Å². The van der Waals surface area contributed by atoms with E-state index in [0.717, 1.165) is 18.4 Å². The van der Waals surface area contributed by atoms with Crippen molar-refractivity contribution in [1.29, 1.82) is 0 Å². The molecule has 5 nitrogen and oxygen atoms in total. The van der Waals surface area contributed by atoms with Gasteiger partial charge in [0, 0.05) is 19.6 Å². The lowest BCUT2D eigenvalue weighted by Crippen LogP contribution is -2.45. The standard InChI is InChI=1S/C19H22N2O3/c1-14-4-6-15(7-5-14)11-20-18(22)16-3-2-9-21(12-16)19(23)17-8-10-24-13-17/h4-8,10,13,16H,2-3,9,11-12H2,1H3,(H,20,22)/t16-/m0/s1. The average molecular weight is 326 g/mol. The predicted molar refractivity (Wildman–Crippen MR) is 90.4 cm³/mol. The third kappa shape index (κ3) is 3.85. The van der Waals surface area contributed by atoms with E-state index in [4.69, 9.17) is 4.42 Å². The van der Waals surface area contributed by atoms with Crippen molar-refractivity contribution >= 4 is 11.8 Å². The highest BCUT2D eigenvalue weighted by Gasteiger charge is 2.29. The molecule has 126 valence electrons. The van der Waals surface area contributed by atoms with E-state index >= 15 is 0 Å². The number of aryl methyl sites for hydroxylation is 1. The molecular weight excluding hydrogens is 304 g/mol. The van der Waals surface area contributed by atoms with E-state index in [1.807, 2.05) is 31.2 Å². The Kier molecular flexibility index (Phi) is 4.99. The maximum Gasteiger partial charge on any atom is 0.257 e. The van der Waals surface area contributed by atoms with E-state index in [0.29, 0.717) is 25.2 Å². The van der Waals surface area contributed by atoms with Crippen LogP contribution in [0, 0.1) is 12.8 Å². The molecule has 2 amide bonds. The predicted octanol–water partition coefficient (Wildman–Crippen LogP) is 2.76. The number of furan rings is 1. The minimum atomic E-state index is -0.153. The van der Waals surface area contributed by atoms with Crippen molar-refractivity contribution in [3.63, 3.8) is 0 Å². The number of carbonyl (C=O) groups is 2. The van der Waals surface area contributed by atoms with Gasteiger partial charge in [0.15, 0.2) is 0 Å². The van der Waals surface area contributed by atoms with E-state index < -0.39 is 0 Å². The Hall–Kier alpha value is -2.56. The second-order valence-electron chi connectivity index (χ2n) is 6.31. The van der Waals surface area contributed by atoms with Crippen molar-refractivity contribution in [2.75, 3.05) is 13.1 Å². The van der Waals surface area contributed by atoms with Gasteiger partial charge in [-0.3, -0.25) is 9.59 Å². The first kappa shape index (κ1) is 16.3. The third-order valence-electron chi connectivity index (χ3n) is 4.43. The fraction of sp³-hybridized carbons (Fsp3) is 0.368. The lowest BCUT2D eigenvalue weighted by molar-refractivity contribution is -0.126. The quantitative estimate of drug-likeness (QED) is 0.940. The molecule has 0 radical (unpaired) electrons. The van der Waals surface area contributed by atoms with Crippen molar-refractivity contribution in [2.45, 2.75) is 26.3 Å². The van der Waals surface area contributed by atoms with E-state index in [2.05, 4.69) is 5.32 Å². The molecule has 24 heavy (non-hydrogen) atoms. The molecule has 2 aromatic rings. The molecule has 1 aliphatic heterocycles. The number of hydrogen-bond acceptors (Lipinski definition) is 3. The van der Waals surface area contributed by atoms with Gasteiger partial charge in [-0.1, -0.05) is 29.8 Å². The minimum Gasteiger partial charge on any atom is -0.472 e. The first-order chi connectivity index (χ1) is 11.6. The molecule has 3 rings (SSSR count). The van der Waals surface area contributed by atoms with Crippen LogP contribution in [0.2, 0.25) is 0 Å². The Balaban J connectivity index is 1.55. The molecule has 0 saturated carbocycles. The number of piperidine rings is 1. The summed E-state index contributed by atoms with van der Waals surface area (Å²) in [6.45, 7) is 3.71. The molecular formula is C19H22N2O3. The summed E-state index contributed by atoms with van der Waals surface area (Å²) in [6.07, 6.45) is 4.59. The number of nitrogens with zero attached hydrogens (tertiary/aromatic N) is 1. The van der Waals surface area contributed by atoms with E-state index in [1.165, 1.54) is 18.1 Å². The van der Waals surface area contributed by atoms with Crippen LogP contribution >= 0.6 is 0 Å². The highest BCUT2D eigenvalue weighted by atomic mass is 16.3. The highest BCUT2D eigenvalue weighted by molar-refractivity contribution is 5.94. The molecule has 1 aliphatic rings. The number of carbonyl (C=O) groups excluding carboxylic acids is 2. The molecule has 5 heteroatoms. The first-order valence-electron chi connectivity index (χ1n) is 8.28. The summed E-state index contributed by atoms with van der Waals surface area (Å²) >= 11 is 0. The lowest BCUT2D eigenvalue weighted by atomic mass is 9.96. The van der Waals surface area contributed by atoms with Crippen LogP contribution in [-0.2, 0) is 11.3 Å². The van der Waals surface area contributed by atoms with Gasteiger partial charge in [-0.2, -0.15) is 0 Å². The number of rotatable bonds is 4. The Morgan fingerprint density at radius 1 is 1.25 bits per heavy atom. The fourth-order valence-corrected chi connectivity index (χ4v) is 2.98. The molecule has 1 aromatic carbocycles. The number of amides is 2. The summed E-state index contributed by atoms with van der Waals surface area (Å²) in [5.41, 5.74) is 2.82. The summed E-state index contributed by atoms with van der Waals surface area (Å²) in [4.78, 5) is 26.5. The van der Waals surface area contributed by atoms with Gasteiger partial charge in [-0.15, -0.1) is 0 Å². The summed E-state index contributed by atoms with van der Waals surface area (Å²) < 4.78 is 4.97. The van der Waals surface area contributed by atoms with Gasteiger partial charge in [-0.05, 0) is 31.4 Å². The summed E-state index contributed by atoms with van der Waals surface area (Å²) in [7, 11) is 0. The molecule has 1 atom stereocenters. The molecule has 0 bridgehead atoms. The zero-order valence-corrected chi connectivity index (χ0v) is 13.8. The molecule has 0 aliphatic carbocycles. The van der Waals surface area contributed by atoms with Crippen LogP contribution in [0.3, 0.4) is 0 Å². The van der Waals surface area contributed by atoms with Gasteiger partial charge in [0.1, 0.15) is 6.26 Å². The maximum atomic E-state index is 12.4. The Bertz CT molecular complexity index is 692. The number of benzene rings is 1. The highest BCUT2D eigenvalue weighted by Crippen LogP contribution is 2.19. The van der Waals surface area contributed by atoms with E-state index in [9.17, 15) is 9.59 Å². The molecule has 0 unspecified atom stereocenters. The van der Waals surface area contributed by atoms with Crippen LogP contribution in [0.25, 0.3) is 0 Å². The van der Waals surface area contributed by atoms with Gasteiger partial charge < -0.3 is 14.6 Å². The molecule has 1 fully saturated rings. The van der Waals surface area contributed by atoms with Gasteiger partial charge in [0.05, 0.1) is 17.7 Å². The monoisotopic (exact) mass is 326 g/mol.